The highest BCUT2D eigenvalue weighted by Crippen LogP contribution is 2.27. The molecular formula is C21H26N8O3. The highest BCUT2D eigenvalue weighted by atomic mass is 16.2. The normalized spacial score (nSPS) is 24.6. The Kier molecular flexibility index (Phi) is 5.24. The Morgan fingerprint density at radius 3 is 2.41 bits per heavy atom. The largest absolute Gasteiger partial charge is 0.354 e. The second kappa shape index (κ2) is 8.21. The molecule has 0 bridgehead atoms. The molecule has 11 nitrogen and oxygen atoms in total. The van der Waals surface area contributed by atoms with Gasteiger partial charge in [0.1, 0.15) is 0 Å². The van der Waals surface area contributed by atoms with Crippen LogP contribution in [0, 0.1) is 0 Å². The van der Waals surface area contributed by atoms with Crippen molar-refractivity contribution in [2.45, 2.75) is 70.0 Å². The summed E-state index contributed by atoms with van der Waals surface area (Å²) in [6.07, 6.45) is 9.14. The molecular weight excluding hydrogens is 412 g/mol. The molecule has 2 aromatic heterocycles. The van der Waals surface area contributed by atoms with Gasteiger partial charge in [-0.05, 0) is 44.6 Å². The van der Waals surface area contributed by atoms with Crippen LogP contribution in [-0.2, 0) is 14.4 Å². The molecule has 0 spiro atoms. The van der Waals surface area contributed by atoms with E-state index in [0.717, 1.165) is 38.5 Å². The van der Waals surface area contributed by atoms with Crippen LogP contribution in [0.25, 0.3) is 11.7 Å². The summed E-state index contributed by atoms with van der Waals surface area (Å²) in [7, 11) is 0. The summed E-state index contributed by atoms with van der Waals surface area (Å²) in [5.74, 6) is 0.417. The lowest BCUT2D eigenvalue weighted by molar-refractivity contribution is -0.124. The summed E-state index contributed by atoms with van der Waals surface area (Å²) in [5.41, 5.74) is 1.62. The van der Waals surface area contributed by atoms with Crippen molar-refractivity contribution in [2.24, 2.45) is 0 Å². The van der Waals surface area contributed by atoms with Gasteiger partial charge in [-0.15, -0.1) is 0 Å². The average Bonchev–Trinajstić information content (AvgIpc) is 3.38. The van der Waals surface area contributed by atoms with E-state index in [-0.39, 0.29) is 36.2 Å². The van der Waals surface area contributed by atoms with Crippen LogP contribution in [0.5, 0.6) is 0 Å². The van der Waals surface area contributed by atoms with E-state index in [1.54, 1.807) is 23.7 Å². The lowest BCUT2D eigenvalue weighted by atomic mass is 9.91. The lowest BCUT2D eigenvalue weighted by Crippen LogP contribution is -2.39. The number of rotatable bonds is 6. The van der Waals surface area contributed by atoms with E-state index in [9.17, 15) is 14.4 Å². The smallest absolute Gasteiger partial charge is 0.254 e. The van der Waals surface area contributed by atoms with E-state index in [0.29, 0.717) is 34.7 Å². The maximum Gasteiger partial charge on any atom is 0.254 e. The zero-order valence-electron chi connectivity index (χ0n) is 17.9. The number of nitrogens with one attached hydrogen (secondary N) is 4. The molecule has 168 valence electrons. The number of anilines is 2. The van der Waals surface area contributed by atoms with Crippen LogP contribution < -0.4 is 21.3 Å². The first-order valence-electron chi connectivity index (χ1n) is 11.1. The van der Waals surface area contributed by atoms with Gasteiger partial charge in [-0.3, -0.25) is 19.7 Å². The van der Waals surface area contributed by atoms with Crippen molar-refractivity contribution in [2.75, 3.05) is 10.6 Å². The van der Waals surface area contributed by atoms with E-state index in [1.807, 2.05) is 0 Å². The highest BCUT2D eigenvalue weighted by Gasteiger charge is 2.27. The monoisotopic (exact) mass is 438 g/mol. The van der Waals surface area contributed by atoms with Gasteiger partial charge in [0.25, 0.3) is 5.91 Å². The molecule has 2 aromatic rings. The second-order valence-electron chi connectivity index (χ2n) is 8.74. The van der Waals surface area contributed by atoms with Gasteiger partial charge < -0.3 is 16.0 Å². The van der Waals surface area contributed by atoms with Crippen LogP contribution in [0.15, 0.2) is 11.8 Å². The third kappa shape index (κ3) is 4.41. The average molecular weight is 438 g/mol. The molecule has 3 aliphatic rings. The Bertz CT molecular complexity index is 1110. The number of nitrogens with zero attached hydrogens (tertiary/aromatic N) is 4. The molecule has 3 amide bonds. The van der Waals surface area contributed by atoms with Gasteiger partial charge in [0.2, 0.25) is 23.7 Å². The van der Waals surface area contributed by atoms with E-state index in [2.05, 4.69) is 36.3 Å². The molecule has 3 fully saturated rings. The summed E-state index contributed by atoms with van der Waals surface area (Å²) < 4.78 is 1.64. The first-order chi connectivity index (χ1) is 15.4. The van der Waals surface area contributed by atoms with Crippen LogP contribution in [-0.4, -0.2) is 55.4 Å². The first kappa shape index (κ1) is 20.4. The molecule has 3 heterocycles. The van der Waals surface area contributed by atoms with Crippen molar-refractivity contribution in [1.29, 1.82) is 0 Å². The van der Waals surface area contributed by atoms with Crippen molar-refractivity contribution in [3.63, 3.8) is 0 Å². The molecule has 0 unspecified atom stereocenters. The summed E-state index contributed by atoms with van der Waals surface area (Å²) in [5, 5.41) is 16.5. The predicted molar refractivity (Wildman–Crippen MR) is 117 cm³/mol. The van der Waals surface area contributed by atoms with Gasteiger partial charge >= 0.3 is 0 Å². The summed E-state index contributed by atoms with van der Waals surface area (Å²) in [6.45, 7) is 1.55. The topological polar surface area (TPSA) is 142 Å². The SMILES string of the molecule is CC(=O)NC1CCC(Nc2nc(NC3CC3)n3ncc(/C=C4\CC(=O)NC4=O)c3n2)CC1. The van der Waals surface area contributed by atoms with Gasteiger partial charge in [-0.25, -0.2) is 0 Å². The molecule has 1 aliphatic heterocycles. The number of fused-ring (bicyclic) bond motifs is 1. The summed E-state index contributed by atoms with van der Waals surface area (Å²) >= 11 is 0. The molecule has 32 heavy (non-hydrogen) atoms. The summed E-state index contributed by atoms with van der Waals surface area (Å²) in [4.78, 5) is 44.1. The van der Waals surface area contributed by atoms with Crippen molar-refractivity contribution in [3.05, 3.63) is 17.3 Å². The molecule has 0 atom stereocenters. The number of amides is 3. The number of carbonyl (C=O) groups excluding carboxylic acids is 3. The minimum atomic E-state index is -0.381. The van der Waals surface area contributed by atoms with Crippen LogP contribution in [0.4, 0.5) is 11.9 Å². The maximum absolute atomic E-state index is 12.0. The van der Waals surface area contributed by atoms with Gasteiger partial charge in [0, 0.05) is 36.2 Å². The first-order valence-corrected chi connectivity index (χ1v) is 11.1. The maximum atomic E-state index is 12.0. The molecule has 0 radical (unpaired) electrons. The highest BCUT2D eigenvalue weighted by molar-refractivity contribution is 6.15. The number of hydrogen-bond acceptors (Lipinski definition) is 8. The Labute approximate surface area is 184 Å². The van der Waals surface area contributed by atoms with Crippen LogP contribution >= 0.6 is 0 Å². The molecule has 11 heteroatoms. The van der Waals surface area contributed by atoms with Crippen molar-refractivity contribution < 1.29 is 14.4 Å². The van der Waals surface area contributed by atoms with Crippen molar-refractivity contribution in [1.82, 2.24) is 30.2 Å². The standard InChI is InChI=1S/C21H26N8O3/c1-11(30)23-14-2-4-15(5-3-14)24-20-27-18-13(8-12-9-17(31)26-19(12)32)10-22-29(18)21(28-20)25-16-6-7-16/h8,10,14-16H,2-7,9H2,1H3,(H,23,30)(H,26,31,32)(H2,24,25,27,28)/b12-8+. The third-order valence-corrected chi connectivity index (χ3v) is 6.00. The Morgan fingerprint density at radius 1 is 1.06 bits per heavy atom. The molecule has 0 aromatic carbocycles. The van der Waals surface area contributed by atoms with Crippen LogP contribution in [0.1, 0.15) is 57.4 Å². The summed E-state index contributed by atoms with van der Waals surface area (Å²) in [6, 6.07) is 0.798. The number of hydrogen-bond donors (Lipinski definition) is 4. The van der Waals surface area contributed by atoms with Crippen molar-refractivity contribution >= 4 is 41.3 Å². The van der Waals surface area contributed by atoms with E-state index >= 15 is 0 Å². The van der Waals surface area contributed by atoms with E-state index < -0.39 is 0 Å². The van der Waals surface area contributed by atoms with Crippen molar-refractivity contribution in [3.8, 4) is 0 Å². The lowest BCUT2D eigenvalue weighted by Gasteiger charge is -2.29. The Balaban J connectivity index is 1.40. The van der Waals surface area contributed by atoms with E-state index in [1.165, 1.54) is 0 Å². The fourth-order valence-corrected chi connectivity index (χ4v) is 4.23. The molecule has 2 aliphatic carbocycles. The fourth-order valence-electron chi connectivity index (χ4n) is 4.23. The van der Waals surface area contributed by atoms with Crippen LogP contribution in [0.3, 0.4) is 0 Å². The van der Waals surface area contributed by atoms with Gasteiger partial charge in [-0.1, -0.05) is 0 Å². The fraction of sp³-hybridized carbons (Fsp3) is 0.524. The number of imide groups is 1. The molecule has 4 N–H and O–H groups in total. The number of aromatic nitrogens is 4. The predicted octanol–water partition coefficient (Wildman–Crippen LogP) is 0.988. The zero-order valence-corrected chi connectivity index (χ0v) is 17.9. The van der Waals surface area contributed by atoms with Crippen LogP contribution in [0.2, 0.25) is 0 Å². The van der Waals surface area contributed by atoms with Gasteiger partial charge in [0.15, 0.2) is 5.65 Å². The quantitative estimate of drug-likeness (QED) is 0.386. The minimum absolute atomic E-state index is 0.00557. The zero-order chi connectivity index (χ0) is 22.2. The Morgan fingerprint density at radius 2 is 1.75 bits per heavy atom. The molecule has 2 saturated carbocycles. The third-order valence-electron chi connectivity index (χ3n) is 6.00. The van der Waals surface area contributed by atoms with Gasteiger partial charge in [0.05, 0.1) is 12.6 Å². The molecule has 1 saturated heterocycles. The van der Waals surface area contributed by atoms with E-state index in [4.69, 9.17) is 0 Å². The van der Waals surface area contributed by atoms with Gasteiger partial charge in [-0.2, -0.15) is 19.6 Å². The molecule has 5 rings (SSSR count). The number of carbonyl (C=O) groups is 3. The second-order valence-corrected chi connectivity index (χ2v) is 8.74. The minimum Gasteiger partial charge on any atom is -0.354 e. The Hall–Kier alpha value is -3.50.